The van der Waals surface area contributed by atoms with Gasteiger partial charge in [0.1, 0.15) is 11.5 Å². The van der Waals surface area contributed by atoms with Crippen LogP contribution >= 0.6 is 0 Å². The predicted molar refractivity (Wildman–Crippen MR) is 210 cm³/mol. The Morgan fingerprint density at radius 1 is 1.02 bits per heavy atom. The zero-order valence-corrected chi connectivity index (χ0v) is 32.5. The highest BCUT2D eigenvalue weighted by Gasteiger charge is 2.37. The van der Waals surface area contributed by atoms with E-state index in [2.05, 4.69) is 24.7 Å². The monoisotopic (exact) mass is 817 g/mol. The predicted octanol–water partition coefficient (Wildman–Crippen LogP) is 5.17. The Balaban J connectivity index is 0.970. The number of anilines is 2. The molecule has 19 heteroatoms. The number of amides is 1. The Labute approximate surface area is 332 Å². The van der Waals surface area contributed by atoms with Crippen LogP contribution in [-0.2, 0) is 15.0 Å². The molecule has 58 heavy (non-hydrogen) atoms. The number of hydrogen-bond donors (Lipinski definition) is 3. The number of nitro benzene ring substituents is 1. The summed E-state index contributed by atoms with van der Waals surface area (Å²) in [4.78, 5) is 57.4. The number of non-ortho nitro benzene ring substituents is 1. The van der Waals surface area contributed by atoms with E-state index in [0.717, 1.165) is 22.0 Å². The van der Waals surface area contributed by atoms with Gasteiger partial charge >= 0.3 is 10.2 Å². The molecule has 4 heterocycles. The average molecular weight is 818 g/mol. The molecule has 1 saturated heterocycles. The fourth-order valence-corrected chi connectivity index (χ4v) is 8.36. The Bertz CT molecular complexity index is 2470. The standard InChI is InChI=1S/C39H41F2N9O7S/c1-3-47(2)58(56,57)46-32-9-8-31(40)34(35(32)41)36(52)30-23-43-37-29(30)18-26(20-42-37)27-21-44-38(45-22-27)49-16-14-48(15-17-49)33(51)19-39(53)12-10-25(11-13-39)24-4-6-28(7-5-24)50(54)55/h4-9,18,20-23,25,46,53H,3,10-17,19H2,1-2H3,(H,42,43). The van der Waals surface area contributed by atoms with Crippen LogP contribution in [0.5, 0.6) is 0 Å². The van der Waals surface area contributed by atoms with Gasteiger partial charge in [-0.05, 0) is 55.4 Å². The molecule has 0 atom stereocenters. The number of piperazine rings is 1. The van der Waals surface area contributed by atoms with Crippen molar-refractivity contribution in [1.82, 2.24) is 29.1 Å². The number of carbonyl (C=O) groups is 2. The number of aromatic nitrogens is 4. The van der Waals surface area contributed by atoms with E-state index in [0.29, 0.717) is 68.9 Å². The van der Waals surface area contributed by atoms with Gasteiger partial charge in [0, 0.05) is 98.8 Å². The van der Waals surface area contributed by atoms with Gasteiger partial charge in [0.15, 0.2) is 5.82 Å². The molecule has 0 spiro atoms. The first-order valence-corrected chi connectivity index (χ1v) is 20.2. The molecule has 2 fully saturated rings. The lowest BCUT2D eigenvalue weighted by Crippen LogP contribution is -2.51. The molecule has 0 unspecified atom stereocenters. The van der Waals surface area contributed by atoms with Crippen LogP contribution in [0.1, 0.15) is 66.4 Å². The van der Waals surface area contributed by atoms with E-state index in [-0.39, 0.29) is 47.1 Å². The third-order valence-electron chi connectivity index (χ3n) is 11.0. The maximum absolute atomic E-state index is 15.6. The van der Waals surface area contributed by atoms with Crippen LogP contribution in [0.25, 0.3) is 22.2 Å². The van der Waals surface area contributed by atoms with Crippen molar-refractivity contribution in [2.75, 3.05) is 49.4 Å². The molecule has 1 aliphatic carbocycles. The number of carbonyl (C=O) groups excluding carboxylic acids is 2. The van der Waals surface area contributed by atoms with Gasteiger partial charge < -0.3 is 19.9 Å². The molecular formula is C39H41F2N9O7S. The SMILES string of the molecule is CCN(C)S(=O)(=O)Nc1ccc(F)c(C(=O)c2c[nH]c3ncc(-c4cnc(N5CCN(C(=O)CC6(O)CCC(c7ccc([N+](=O)[O-])cc7)CC6)CC5)nc4)cc23)c1F. The van der Waals surface area contributed by atoms with Crippen LogP contribution in [0.2, 0.25) is 0 Å². The van der Waals surface area contributed by atoms with Crippen LogP contribution in [-0.4, -0.2) is 105 Å². The van der Waals surface area contributed by atoms with Crippen LogP contribution in [0.15, 0.2) is 67.3 Å². The Kier molecular flexibility index (Phi) is 11.2. The molecule has 304 valence electrons. The van der Waals surface area contributed by atoms with Crippen LogP contribution in [0.4, 0.5) is 26.1 Å². The summed E-state index contributed by atoms with van der Waals surface area (Å²) in [6.07, 6.45) is 8.28. The highest BCUT2D eigenvalue weighted by Crippen LogP contribution is 2.40. The van der Waals surface area contributed by atoms with E-state index in [9.17, 15) is 37.6 Å². The van der Waals surface area contributed by atoms with Crippen molar-refractivity contribution in [2.24, 2.45) is 0 Å². The molecule has 5 aromatic rings. The number of benzene rings is 2. The second-order valence-electron chi connectivity index (χ2n) is 14.6. The van der Waals surface area contributed by atoms with E-state index in [4.69, 9.17) is 0 Å². The summed E-state index contributed by atoms with van der Waals surface area (Å²) < 4.78 is 58.6. The summed E-state index contributed by atoms with van der Waals surface area (Å²) in [5.41, 5.74) is -0.322. The fourth-order valence-electron chi connectivity index (χ4n) is 7.43. The summed E-state index contributed by atoms with van der Waals surface area (Å²) >= 11 is 0. The molecule has 2 aromatic carbocycles. The average Bonchev–Trinajstić information content (AvgIpc) is 3.65. The number of H-pyrrole nitrogens is 1. The minimum Gasteiger partial charge on any atom is -0.389 e. The number of nitro groups is 1. The molecule has 1 saturated carbocycles. The van der Waals surface area contributed by atoms with Crippen molar-refractivity contribution >= 4 is 50.3 Å². The van der Waals surface area contributed by atoms with E-state index in [1.807, 2.05) is 4.90 Å². The number of fused-ring (bicyclic) bond motifs is 1. The molecule has 16 nitrogen and oxygen atoms in total. The number of nitrogens with zero attached hydrogens (tertiary/aromatic N) is 7. The number of halogens is 2. The number of aromatic amines is 1. The van der Waals surface area contributed by atoms with E-state index in [1.165, 1.54) is 31.6 Å². The van der Waals surface area contributed by atoms with Crippen LogP contribution < -0.4 is 9.62 Å². The van der Waals surface area contributed by atoms with Gasteiger partial charge in [0.25, 0.3) is 5.69 Å². The quantitative estimate of drug-likeness (QED) is 0.0850. The van der Waals surface area contributed by atoms with Crippen molar-refractivity contribution in [3.05, 3.63) is 106 Å². The van der Waals surface area contributed by atoms with Crippen molar-refractivity contribution in [1.29, 1.82) is 0 Å². The Hall–Kier alpha value is -5.92. The number of aliphatic hydroxyl groups is 1. The molecule has 2 aliphatic rings. The van der Waals surface area contributed by atoms with Crippen molar-refractivity contribution in [3.63, 3.8) is 0 Å². The van der Waals surface area contributed by atoms with Gasteiger partial charge in [-0.25, -0.2) is 23.7 Å². The second-order valence-corrected chi connectivity index (χ2v) is 16.4. The molecule has 3 N–H and O–H groups in total. The van der Waals surface area contributed by atoms with Gasteiger partial charge in [-0.3, -0.25) is 24.4 Å². The number of nitrogens with one attached hydrogen (secondary N) is 2. The summed E-state index contributed by atoms with van der Waals surface area (Å²) in [7, 11) is -2.87. The first-order chi connectivity index (χ1) is 27.7. The minimum atomic E-state index is -4.16. The van der Waals surface area contributed by atoms with Gasteiger partial charge in [0.2, 0.25) is 17.6 Å². The molecule has 7 rings (SSSR count). The molecule has 3 aromatic heterocycles. The maximum Gasteiger partial charge on any atom is 0.301 e. The van der Waals surface area contributed by atoms with Gasteiger partial charge in [-0.1, -0.05) is 19.1 Å². The van der Waals surface area contributed by atoms with E-state index >= 15 is 4.39 Å². The van der Waals surface area contributed by atoms with Gasteiger partial charge in [-0.15, -0.1) is 0 Å². The highest BCUT2D eigenvalue weighted by atomic mass is 32.2. The van der Waals surface area contributed by atoms with Gasteiger partial charge in [0.05, 0.1) is 28.2 Å². The second kappa shape index (κ2) is 16.1. The molecule has 1 aliphatic heterocycles. The first kappa shape index (κ1) is 40.3. The zero-order valence-electron chi connectivity index (χ0n) is 31.7. The third kappa shape index (κ3) is 8.23. The number of ketones is 1. The largest absolute Gasteiger partial charge is 0.389 e. The molecule has 0 radical (unpaired) electrons. The Morgan fingerprint density at radius 3 is 2.31 bits per heavy atom. The van der Waals surface area contributed by atoms with Crippen molar-refractivity contribution in [3.8, 4) is 11.1 Å². The summed E-state index contributed by atoms with van der Waals surface area (Å²) in [5, 5.41) is 22.5. The molecule has 0 bridgehead atoms. The smallest absolute Gasteiger partial charge is 0.301 e. The third-order valence-corrected chi connectivity index (χ3v) is 12.6. The maximum atomic E-state index is 15.6. The first-order valence-electron chi connectivity index (χ1n) is 18.7. The van der Waals surface area contributed by atoms with Gasteiger partial charge in [-0.2, -0.15) is 12.7 Å². The van der Waals surface area contributed by atoms with Crippen molar-refractivity contribution < 1.29 is 36.8 Å². The molecule has 1 amide bonds. The van der Waals surface area contributed by atoms with E-state index in [1.54, 1.807) is 42.4 Å². The molecular weight excluding hydrogens is 777 g/mol. The minimum absolute atomic E-state index is 0.0205. The highest BCUT2D eigenvalue weighted by molar-refractivity contribution is 7.90. The topological polar surface area (TPSA) is 208 Å². The number of rotatable bonds is 12. The van der Waals surface area contributed by atoms with Crippen LogP contribution in [0.3, 0.4) is 0 Å². The summed E-state index contributed by atoms with van der Waals surface area (Å²) in [6, 6.07) is 9.85. The lowest BCUT2D eigenvalue weighted by Gasteiger charge is -2.39. The summed E-state index contributed by atoms with van der Waals surface area (Å²) in [5.74, 6) is -3.06. The number of hydrogen-bond acceptors (Lipinski definition) is 11. The van der Waals surface area contributed by atoms with E-state index < -0.39 is 49.4 Å². The summed E-state index contributed by atoms with van der Waals surface area (Å²) in [6.45, 7) is 3.45. The lowest BCUT2D eigenvalue weighted by atomic mass is 9.74. The number of pyridine rings is 1. The lowest BCUT2D eigenvalue weighted by molar-refractivity contribution is -0.384. The normalized spacial score (nSPS) is 18.8. The van der Waals surface area contributed by atoms with Crippen molar-refractivity contribution in [2.45, 2.75) is 50.5 Å². The van der Waals surface area contributed by atoms with Crippen LogP contribution in [0, 0.1) is 21.7 Å². The fraction of sp³-hybridized carbons (Fsp3) is 0.359. The zero-order chi connectivity index (χ0) is 41.4. The Morgan fingerprint density at radius 2 is 1.67 bits per heavy atom.